The lowest BCUT2D eigenvalue weighted by atomic mass is 10.1. The summed E-state index contributed by atoms with van der Waals surface area (Å²) in [5.74, 6) is 6.53. The summed E-state index contributed by atoms with van der Waals surface area (Å²) in [4.78, 5) is 0. The van der Waals surface area contributed by atoms with Gasteiger partial charge in [-0.25, -0.2) is 4.68 Å². The van der Waals surface area contributed by atoms with Crippen LogP contribution in [0.2, 0.25) is 0 Å². The maximum atomic E-state index is 5.72. The summed E-state index contributed by atoms with van der Waals surface area (Å²) in [5, 5.41) is 7.68. The van der Waals surface area contributed by atoms with E-state index in [1.807, 2.05) is 32.0 Å². The molecular weight excluding hydrogens is 190 g/mol. The van der Waals surface area contributed by atoms with Gasteiger partial charge in [0.05, 0.1) is 0 Å². The first-order chi connectivity index (χ1) is 7.09. The van der Waals surface area contributed by atoms with E-state index in [0.717, 1.165) is 16.7 Å². The molecule has 0 bridgehead atoms. The van der Waals surface area contributed by atoms with Crippen molar-refractivity contribution in [1.82, 2.24) is 14.9 Å². The predicted octanol–water partition coefficient (Wildman–Crippen LogP) is 0.858. The van der Waals surface area contributed by atoms with Gasteiger partial charge in [-0.2, -0.15) is 0 Å². The summed E-state index contributed by atoms with van der Waals surface area (Å²) < 4.78 is 1.29. The van der Waals surface area contributed by atoms with Gasteiger partial charge in [-0.05, 0) is 25.5 Å². The third-order valence-corrected chi connectivity index (χ3v) is 2.36. The highest BCUT2D eigenvalue weighted by Gasteiger charge is 2.11. The van der Waals surface area contributed by atoms with E-state index < -0.39 is 0 Å². The first kappa shape index (κ1) is 9.51. The Bertz CT molecular complexity index is 501. The third kappa shape index (κ3) is 1.52. The van der Waals surface area contributed by atoms with Crippen molar-refractivity contribution in [2.45, 2.75) is 13.8 Å². The number of hydrogen-bond acceptors (Lipinski definition) is 4. The molecule has 1 aromatic carbocycles. The second kappa shape index (κ2) is 3.27. The lowest BCUT2D eigenvalue weighted by Gasteiger charge is -2.05. The molecular formula is C10H13N5. The standard InChI is InChI=1S/C10H13N5/c1-6-3-4-7(2)8(5-6)9-13-14-10(11)15(9)12/h3-5H,12H2,1-2H3,(H2,11,14). The molecule has 2 rings (SSSR count). The Morgan fingerprint density at radius 3 is 2.53 bits per heavy atom. The molecule has 0 radical (unpaired) electrons. The van der Waals surface area contributed by atoms with Crippen molar-refractivity contribution in [2.24, 2.45) is 0 Å². The van der Waals surface area contributed by atoms with Crippen LogP contribution in [0.4, 0.5) is 5.95 Å². The summed E-state index contributed by atoms with van der Waals surface area (Å²) in [5.41, 5.74) is 8.74. The van der Waals surface area contributed by atoms with Crippen LogP contribution in [0, 0.1) is 13.8 Å². The molecule has 0 aliphatic heterocycles. The molecule has 0 unspecified atom stereocenters. The maximum absolute atomic E-state index is 5.72. The Hall–Kier alpha value is -2.04. The van der Waals surface area contributed by atoms with Crippen LogP contribution in [0.3, 0.4) is 0 Å². The van der Waals surface area contributed by atoms with Crippen molar-refractivity contribution >= 4 is 5.95 Å². The highest BCUT2D eigenvalue weighted by Crippen LogP contribution is 2.22. The number of nitrogen functional groups attached to an aromatic ring is 2. The monoisotopic (exact) mass is 203 g/mol. The highest BCUT2D eigenvalue weighted by molar-refractivity contribution is 5.62. The average molecular weight is 203 g/mol. The molecule has 5 nitrogen and oxygen atoms in total. The van der Waals surface area contributed by atoms with Crippen molar-refractivity contribution in [3.63, 3.8) is 0 Å². The Kier molecular flexibility index (Phi) is 2.07. The molecule has 0 aliphatic carbocycles. The number of benzene rings is 1. The summed E-state index contributed by atoms with van der Waals surface area (Å²) in [7, 11) is 0. The quantitative estimate of drug-likeness (QED) is 0.673. The van der Waals surface area contributed by atoms with Crippen molar-refractivity contribution in [3.05, 3.63) is 29.3 Å². The van der Waals surface area contributed by atoms with Crippen molar-refractivity contribution in [3.8, 4) is 11.4 Å². The minimum atomic E-state index is 0.214. The van der Waals surface area contributed by atoms with Gasteiger partial charge in [0.2, 0.25) is 5.95 Å². The smallest absolute Gasteiger partial charge is 0.241 e. The first-order valence-corrected chi connectivity index (χ1v) is 4.63. The fourth-order valence-corrected chi connectivity index (χ4v) is 1.46. The molecule has 0 fully saturated rings. The maximum Gasteiger partial charge on any atom is 0.241 e. The van der Waals surface area contributed by atoms with Crippen LogP contribution in [0.5, 0.6) is 0 Å². The summed E-state index contributed by atoms with van der Waals surface area (Å²) in [6.45, 7) is 4.02. The second-order valence-electron chi connectivity index (χ2n) is 3.57. The molecule has 5 heteroatoms. The van der Waals surface area contributed by atoms with Gasteiger partial charge in [0.25, 0.3) is 0 Å². The van der Waals surface area contributed by atoms with Crippen LogP contribution in [0.25, 0.3) is 11.4 Å². The van der Waals surface area contributed by atoms with Gasteiger partial charge in [0.1, 0.15) is 0 Å². The summed E-state index contributed by atoms with van der Waals surface area (Å²) in [6.07, 6.45) is 0. The minimum absolute atomic E-state index is 0.214. The number of rotatable bonds is 1. The number of hydrogen-bond donors (Lipinski definition) is 2. The fourth-order valence-electron chi connectivity index (χ4n) is 1.46. The van der Waals surface area contributed by atoms with Crippen LogP contribution in [0.15, 0.2) is 18.2 Å². The zero-order valence-electron chi connectivity index (χ0n) is 8.73. The van der Waals surface area contributed by atoms with Crippen molar-refractivity contribution in [2.75, 3.05) is 11.6 Å². The molecule has 0 atom stereocenters. The number of nitrogens with two attached hydrogens (primary N) is 2. The van der Waals surface area contributed by atoms with Crippen molar-refractivity contribution in [1.29, 1.82) is 0 Å². The number of aromatic nitrogens is 3. The average Bonchev–Trinajstić information content (AvgIpc) is 2.52. The van der Waals surface area contributed by atoms with Gasteiger partial charge in [-0.3, -0.25) is 0 Å². The van der Waals surface area contributed by atoms with Crippen LogP contribution < -0.4 is 11.6 Å². The van der Waals surface area contributed by atoms with Gasteiger partial charge in [0.15, 0.2) is 5.82 Å². The van der Waals surface area contributed by atoms with Crippen LogP contribution in [-0.2, 0) is 0 Å². The number of nitrogens with zero attached hydrogens (tertiary/aromatic N) is 3. The number of anilines is 1. The molecule has 0 saturated heterocycles. The van der Waals surface area contributed by atoms with E-state index in [0.29, 0.717) is 5.82 Å². The fraction of sp³-hybridized carbons (Fsp3) is 0.200. The molecule has 0 amide bonds. The van der Waals surface area contributed by atoms with E-state index in [1.165, 1.54) is 4.68 Å². The van der Waals surface area contributed by atoms with Crippen LogP contribution in [0.1, 0.15) is 11.1 Å². The largest absolute Gasteiger partial charge is 0.366 e. The molecule has 78 valence electrons. The third-order valence-electron chi connectivity index (χ3n) is 2.36. The van der Waals surface area contributed by atoms with Gasteiger partial charge in [0, 0.05) is 5.56 Å². The lowest BCUT2D eigenvalue weighted by Crippen LogP contribution is -2.13. The number of aryl methyl sites for hydroxylation is 2. The Balaban J connectivity index is 2.63. The Morgan fingerprint density at radius 1 is 1.20 bits per heavy atom. The predicted molar refractivity (Wildman–Crippen MR) is 59.5 cm³/mol. The first-order valence-electron chi connectivity index (χ1n) is 4.63. The molecule has 1 heterocycles. The van der Waals surface area contributed by atoms with Gasteiger partial charge in [-0.15, -0.1) is 10.2 Å². The van der Waals surface area contributed by atoms with Gasteiger partial charge in [-0.1, -0.05) is 17.7 Å². The molecule has 0 aliphatic rings. The van der Waals surface area contributed by atoms with Crippen LogP contribution >= 0.6 is 0 Å². The van der Waals surface area contributed by atoms with E-state index in [2.05, 4.69) is 10.2 Å². The second-order valence-corrected chi connectivity index (χ2v) is 3.57. The summed E-state index contributed by atoms with van der Waals surface area (Å²) in [6, 6.07) is 6.08. The normalized spacial score (nSPS) is 10.5. The zero-order valence-corrected chi connectivity index (χ0v) is 8.73. The molecule has 4 N–H and O–H groups in total. The summed E-state index contributed by atoms with van der Waals surface area (Å²) >= 11 is 0. The van der Waals surface area contributed by atoms with E-state index in [4.69, 9.17) is 11.6 Å². The molecule has 2 aromatic rings. The van der Waals surface area contributed by atoms with Crippen LogP contribution in [-0.4, -0.2) is 14.9 Å². The van der Waals surface area contributed by atoms with E-state index in [-0.39, 0.29) is 5.95 Å². The highest BCUT2D eigenvalue weighted by atomic mass is 15.4. The van der Waals surface area contributed by atoms with E-state index >= 15 is 0 Å². The van der Waals surface area contributed by atoms with E-state index in [9.17, 15) is 0 Å². The Labute approximate surface area is 87.7 Å². The SMILES string of the molecule is Cc1ccc(C)c(-c2nnc(N)n2N)c1. The van der Waals surface area contributed by atoms with Crippen molar-refractivity contribution < 1.29 is 0 Å². The topological polar surface area (TPSA) is 82.8 Å². The molecule has 1 aromatic heterocycles. The van der Waals surface area contributed by atoms with Gasteiger partial charge < -0.3 is 11.6 Å². The lowest BCUT2D eigenvalue weighted by molar-refractivity contribution is 1.02. The molecule has 0 spiro atoms. The molecule has 0 saturated carbocycles. The van der Waals surface area contributed by atoms with E-state index in [1.54, 1.807) is 0 Å². The Morgan fingerprint density at radius 2 is 1.93 bits per heavy atom. The van der Waals surface area contributed by atoms with Gasteiger partial charge >= 0.3 is 0 Å². The zero-order chi connectivity index (χ0) is 11.0. The molecule has 15 heavy (non-hydrogen) atoms. The minimum Gasteiger partial charge on any atom is -0.366 e.